The number of aromatic nitrogens is 9. The Balaban J connectivity index is 0.596. The Kier molecular flexibility index (Phi) is 15.2. The summed E-state index contributed by atoms with van der Waals surface area (Å²) in [5.41, 5.74) is 20.8. The summed E-state index contributed by atoms with van der Waals surface area (Å²) >= 11 is 0. The van der Waals surface area contributed by atoms with E-state index in [0.717, 1.165) is 138 Å². The van der Waals surface area contributed by atoms with E-state index in [-0.39, 0.29) is 11.8 Å². The summed E-state index contributed by atoms with van der Waals surface area (Å²) in [7, 11) is 0. The zero-order valence-corrected chi connectivity index (χ0v) is 59.8. The number of fused-ring (bicyclic) bond motifs is 10. The molecule has 5 aromatic heterocycles. The van der Waals surface area contributed by atoms with Crippen molar-refractivity contribution in [3.63, 3.8) is 0 Å². The molecule has 15 aromatic carbocycles. The standard InChI is InChI=1S/C99H59N11O2/c100-60-72-56-70(96-103-92(63-25-7-2-8-26-63)101-93(104-96)64-27-9-3-10-28-64)47-51-82(72)108-85-40-19-15-35-76(85)80-58-68(46-53-88(80)108)67-45-52-87-79(57-67)75-34-14-18-39-84(75)107(87)73-49-43-61(44-50-73)66-31-21-32-69(55-66)95-102-94(65-29-11-4-12-30-65)105-97(106-95)71-48-54-89-81(59-71)77-36-16-20-41-86(77)109(89)90-42-22-37-78-91(90)99(112)110(98(78)111)83-38-17-13-33-74(83)62-23-5-1-6-24-62/h1-59H. The van der Waals surface area contributed by atoms with Crippen molar-refractivity contribution in [2.75, 3.05) is 4.90 Å². The summed E-state index contributed by atoms with van der Waals surface area (Å²) in [6, 6.07) is 123. The summed E-state index contributed by atoms with van der Waals surface area (Å²) < 4.78 is 6.64. The maximum absolute atomic E-state index is 15.0. The minimum Gasteiger partial charge on any atom is -0.309 e. The molecule has 0 saturated carbocycles. The molecule has 0 atom stereocenters. The van der Waals surface area contributed by atoms with Crippen LogP contribution in [-0.4, -0.2) is 55.4 Å². The molecule has 2 amide bonds. The molecular formula is C99H59N11O2. The molecular weight excluding hydrogens is 1380 g/mol. The van der Waals surface area contributed by atoms with Crippen molar-refractivity contribution >= 4 is 82.9 Å². The van der Waals surface area contributed by atoms with Gasteiger partial charge in [0.2, 0.25) is 0 Å². The second kappa shape index (κ2) is 26.4. The van der Waals surface area contributed by atoms with Crippen molar-refractivity contribution in [2.45, 2.75) is 0 Å². The van der Waals surface area contributed by atoms with Crippen LogP contribution in [0.2, 0.25) is 0 Å². The number of imide groups is 1. The molecule has 1 aliphatic heterocycles. The monoisotopic (exact) mass is 1430 g/mol. The Labute approximate surface area is 641 Å². The Morgan fingerprint density at radius 3 is 1.12 bits per heavy atom. The first-order valence-electron chi connectivity index (χ1n) is 37.0. The number of nitriles is 1. The number of hydrogen-bond acceptors (Lipinski definition) is 9. The SMILES string of the molecule is N#Cc1cc(-c2nc(-c3ccccc3)nc(-c3ccccc3)n2)ccc1-n1c2ccccc2c2cc(-c3ccc4c(c3)c3ccccc3n4-c3ccc(-c4cccc(-c5nc(-c6ccccc6)nc(-c6ccc7c(c6)c6ccccc6n7-c6cccc7c6C(=O)N(c6ccccc6-c6ccccc6)C7=O)n5)c4)cc3)ccc21. The second-order valence-corrected chi connectivity index (χ2v) is 28.0. The lowest BCUT2D eigenvalue weighted by molar-refractivity contribution is 0.0926. The molecule has 0 fully saturated rings. The van der Waals surface area contributed by atoms with Crippen molar-refractivity contribution in [1.82, 2.24) is 43.6 Å². The molecule has 13 heteroatoms. The van der Waals surface area contributed by atoms with Gasteiger partial charge in [-0.1, -0.05) is 243 Å². The predicted octanol–water partition coefficient (Wildman–Crippen LogP) is 23.0. The van der Waals surface area contributed by atoms with Gasteiger partial charge in [0, 0.05) is 76.9 Å². The number of hydrogen-bond donors (Lipinski definition) is 0. The van der Waals surface area contributed by atoms with Crippen LogP contribution in [0.4, 0.5) is 5.69 Å². The van der Waals surface area contributed by atoms with Gasteiger partial charge in [-0.25, -0.2) is 34.8 Å². The van der Waals surface area contributed by atoms with Crippen molar-refractivity contribution in [3.05, 3.63) is 375 Å². The van der Waals surface area contributed by atoms with Crippen LogP contribution in [0, 0.1) is 11.3 Å². The van der Waals surface area contributed by atoms with E-state index in [1.807, 2.05) is 206 Å². The third kappa shape index (κ3) is 10.8. The number of nitrogens with zero attached hydrogens (tertiary/aromatic N) is 11. The Morgan fingerprint density at radius 1 is 0.232 bits per heavy atom. The molecule has 21 rings (SSSR count). The molecule has 13 nitrogen and oxygen atoms in total. The van der Waals surface area contributed by atoms with Crippen LogP contribution in [0.25, 0.3) is 184 Å². The van der Waals surface area contributed by atoms with Gasteiger partial charge in [0.05, 0.1) is 66.9 Å². The zero-order valence-electron chi connectivity index (χ0n) is 59.8. The average Bonchev–Trinajstić information content (AvgIpc) is 1.15. The van der Waals surface area contributed by atoms with Crippen molar-refractivity contribution in [2.24, 2.45) is 0 Å². The lowest BCUT2D eigenvalue weighted by Crippen LogP contribution is -2.30. The number of anilines is 1. The van der Waals surface area contributed by atoms with Crippen LogP contribution in [0.3, 0.4) is 0 Å². The van der Waals surface area contributed by atoms with Gasteiger partial charge in [0.1, 0.15) is 6.07 Å². The van der Waals surface area contributed by atoms with E-state index in [4.69, 9.17) is 29.9 Å². The van der Waals surface area contributed by atoms with Crippen LogP contribution < -0.4 is 4.90 Å². The predicted molar refractivity (Wildman–Crippen MR) is 447 cm³/mol. The normalized spacial score (nSPS) is 12.1. The van der Waals surface area contributed by atoms with E-state index in [0.29, 0.717) is 68.6 Å². The van der Waals surface area contributed by atoms with Gasteiger partial charge in [0.15, 0.2) is 34.9 Å². The maximum Gasteiger partial charge on any atom is 0.268 e. The fourth-order valence-corrected chi connectivity index (χ4v) is 16.3. The summed E-state index contributed by atoms with van der Waals surface area (Å²) in [5.74, 6) is 2.39. The van der Waals surface area contributed by atoms with E-state index >= 15 is 4.79 Å². The highest BCUT2D eigenvalue weighted by atomic mass is 16.2. The van der Waals surface area contributed by atoms with Crippen molar-refractivity contribution in [3.8, 4) is 125 Å². The van der Waals surface area contributed by atoms with Crippen LogP contribution in [0.15, 0.2) is 358 Å². The molecule has 0 saturated heterocycles. The van der Waals surface area contributed by atoms with Crippen molar-refractivity contribution in [1.29, 1.82) is 5.26 Å². The highest BCUT2D eigenvalue weighted by molar-refractivity contribution is 6.36. The number of para-hydroxylation sites is 4. The van der Waals surface area contributed by atoms with Gasteiger partial charge < -0.3 is 13.7 Å². The number of rotatable bonds is 13. The maximum atomic E-state index is 15.0. The number of carbonyl (C=O) groups is 2. The first-order valence-corrected chi connectivity index (χ1v) is 37.0. The van der Waals surface area contributed by atoms with Gasteiger partial charge in [-0.15, -0.1) is 0 Å². The van der Waals surface area contributed by atoms with Gasteiger partial charge >= 0.3 is 0 Å². The minimum atomic E-state index is -0.382. The van der Waals surface area contributed by atoms with Gasteiger partial charge in [-0.3, -0.25) is 9.59 Å². The molecule has 1 aliphatic rings. The number of carbonyl (C=O) groups excluding carboxylic acids is 2. The van der Waals surface area contributed by atoms with Crippen LogP contribution in [-0.2, 0) is 0 Å². The molecule has 0 spiro atoms. The largest absolute Gasteiger partial charge is 0.309 e. The summed E-state index contributed by atoms with van der Waals surface area (Å²) in [5, 5.41) is 17.3. The third-order valence-electron chi connectivity index (χ3n) is 21.5. The molecule has 112 heavy (non-hydrogen) atoms. The molecule has 0 N–H and O–H groups in total. The highest BCUT2D eigenvalue weighted by Crippen LogP contribution is 2.44. The molecule has 522 valence electrons. The Bertz CT molecular complexity index is 7250. The van der Waals surface area contributed by atoms with E-state index < -0.39 is 0 Å². The van der Waals surface area contributed by atoms with Crippen LogP contribution in [0.5, 0.6) is 0 Å². The fourth-order valence-electron chi connectivity index (χ4n) is 16.3. The van der Waals surface area contributed by atoms with Gasteiger partial charge in [-0.2, -0.15) is 5.26 Å². The van der Waals surface area contributed by atoms with E-state index in [1.54, 1.807) is 6.07 Å². The van der Waals surface area contributed by atoms with E-state index in [2.05, 4.69) is 165 Å². The van der Waals surface area contributed by atoms with Crippen LogP contribution >= 0.6 is 0 Å². The number of amides is 2. The van der Waals surface area contributed by atoms with E-state index in [1.165, 1.54) is 4.90 Å². The minimum absolute atomic E-state index is 0.344. The highest BCUT2D eigenvalue weighted by Gasteiger charge is 2.40. The quantitative estimate of drug-likeness (QED) is 0.103. The van der Waals surface area contributed by atoms with Crippen LogP contribution in [0.1, 0.15) is 26.3 Å². The van der Waals surface area contributed by atoms with Crippen molar-refractivity contribution < 1.29 is 9.59 Å². The third-order valence-corrected chi connectivity index (χ3v) is 21.5. The smallest absolute Gasteiger partial charge is 0.268 e. The molecule has 0 radical (unpaired) electrons. The topological polar surface area (TPSA) is 153 Å². The van der Waals surface area contributed by atoms with E-state index in [9.17, 15) is 10.1 Å². The molecule has 0 aliphatic carbocycles. The fraction of sp³-hybridized carbons (Fsp3) is 0. The lowest BCUT2D eigenvalue weighted by atomic mass is 10.0. The first-order chi connectivity index (χ1) is 55.3. The average molecular weight is 1430 g/mol. The molecule has 0 bridgehead atoms. The Hall–Kier alpha value is -15.7. The molecule has 0 unspecified atom stereocenters. The number of benzene rings is 15. The lowest BCUT2D eigenvalue weighted by Gasteiger charge is -2.18. The second-order valence-electron chi connectivity index (χ2n) is 28.0. The molecule has 6 heterocycles. The Morgan fingerprint density at radius 2 is 0.580 bits per heavy atom. The molecule has 20 aromatic rings. The van der Waals surface area contributed by atoms with Gasteiger partial charge in [-0.05, 0) is 143 Å². The summed E-state index contributed by atoms with van der Waals surface area (Å²) in [6.07, 6.45) is 0. The summed E-state index contributed by atoms with van der Waals surface area (Å²) in [6.45, 7) is 0. The zero-order chi connectivity index (χ0) is 74.5. The summed E-state index contributed by atoms with van der Waals surface area (Å²) in [4.78, 5) is 61.4. The first kappa shape index (κ1) is 64.7. The van der Waals surface area contributed by atoms with Gasteiger partial charge in [0.25, 0.3) is 11.8 Å².